The molecule has 0 unspecified atom stereocenters. The van der Waals surface area contributed by atoms with Crippen molar-refractivity contribution in [2.75, 3.05) is 5.32 Å². The van der Waals surface area contributed by atoms with Crippen LogP contribution in [0.4, 0.5) is 5.69 Å². The van der Waals surface area contributed by atoms with Gasteiger partial charge < -0.3 is 10.4 Å². The minimum atomic E-state index is 0.338. The summed E-state index contributed by atoms with van der Waals surface area (Å²) >= 11 is 0. The predicted molar refractivity (Wildman–Crippen MR) is 86.7 cm³/mol. The maximum atomic E-state index is 9.71. The number of hydrogen-bond donors (Lipinski definition) is 2. The van der Waals surface area contributed by atoms with E-state index in [0.29, 0.717) is 12.3 Å². The molecule has 3 aromatic rings. The average Bonchev–Trinajstić information content (AvgIpc) is 2.49. The largest absolute Gasteiger partial charge is 0.508 e. The average molecular weight is 278 g/mol. The van der Waals surface area contributed by atoms with Crippen molar-refractivity contribution in [3.05, 3.63) is 65.5 Å². The Morgan fingerprint density at radius 1 is 1.05 bits per heavy atom. The second-order valence-electron chi connectivity index (χ2n) is 5.33. The van der Waals surface area contributed by atoms with Gasteiger partial charge in [-0.25, -0.2) is 0 Å². The second-order valence-corrected chi connectivity index (χ2v) is 5.33. The third-order valence-corrected chi connectivity index (χ3v) is 3.76. The molecule has 0 aliphatic heterocycles. The molecule has 21 heavy (non-hydrogen) atoms. The molecule has 0 amide bonds. The van der Waals surface area contributed by atoms with Crippen LogP contribution in [0.2, 0.25) is 0 Å². The molecular weight excluding hydrogens is 260 g/mol. The van der Waals surface area contributed by atoms with Gasteiger partial charge in [0.1, 0.15) is 5.75 Å². The number of phenolic OH excluding ortho intramolecular Hbond substituents is 1. The molecule has 0 aliphatic rings. The fraction of sp³-hybridized carbons (Fsp3) is 0.167. The Kier molecular flexibility index (Phi) is 3.48. The van der Waals surface area contributed by atoms with Gasteiger partial charge in [-0.2, -0.15) is 0 Å². The first-order chi connectivity index (χ1) is 10.1. The van der Waals surface area contributed by atoms with Crippen LogP contribution < -0.4 is 5.32 Å². The van der Waals surface area contributed by atoms with E-state index in [2.05, 4.69) is 22.4 Å². The van der Waals surface area contributed by atoms with Crippen LogP contribution in [0, 0.1) is 13.8 Å². The van der Waals surface area contributed by atoms with Crippen molar-refractivity contribution < 1.29 is 5.11 Å². The molecule has 3 heteroatoms. The minimum Gasteiger partial charge on any atom is -0.508 e. The fourth-order valence-corrected chi connectivity index (χ4v) is 2.50. The number of aromatic nitrogens is 1. The van der Waals surface area contributed by atoms with Crippen molar-refractivity contribution in [1.82, 2.24) is 4.98 Å². The smallest absolute Gasteiger partial charge is 0.118 e. The van der Waals surface area contributed by atoms with Gasteiger partial charge >= 0.3 is 0 Å². The first-order valence-corrected chi connectivity index (χ1v) is 7.01. The maximum absolute atomic E-state index is 9.71. The number of aryl methyl sites for hydroxylation is 2. The topological polar surface area (TPSA) is 45.2 Å². The zero-order chi connectivity index (χ0) is 14.8. The molecule has 0 saturated heterocycles. The molecule has 3 nitrogen and oxygen atoms in total. The van der Waals surface area contributed by atoms with Gasteiger partial charge in [0.25, 0.3) is 0 Å². The van der Waals surface area contributed by atoms with Crippen molar-refractivity contribution in [2.45, 2.75) is 20.4 Å². The highest BCUT2D eigenvalue weighted by Gasteiger charge is 2.05. The number of fused-ring (bicyclic) bond motifs is 1. The highest BCUT2D eigenvalue weighted by atomic mass is 16.3. The van der Waals surface area contributed by atoms with Gasteiger partial charge in [-0.15, -0.1) is 0 Å². The molecule has 0 spiro atoms. The Balaban J connectivity index is 1.89. The molecule has 3 rings (SSSR count). The van der Waals surface area contributed by atoms with Crippen LogP contribution in [0.15, 0.2) is 48.8 Å². The number of aromatic hydroxyl groups is 1. The summed E-state index contributed by atoms with van der Waals surface area (Å²) < 4.78 is 0. The number of nitrogens with one attached hydrogen (secondary N) is 1. The number of benzene rings is 2. The third-order valence-electron chi connectivity index (χ3n) is 3.76. The van der Waals surface area contributed by atoms with E-state index in [1.165, 1.54) is 10.9 Å². The summed E-state index contributed by atoms with van der Waals surface area (Å²) in [5.74, 6) is 0.338. The first-order valence-electron chi connectivity index (χ1n) is 7.01. The second kappa shape index (κ2) is 5.44. The molecule has 0 aliphatic carbocycles. The van der Waals surface area contributed by atoms with Crippen molar-refractivity contribution in [2.24, 2.45) is 0 Å². The molecule has 0 bridgehead atoms. The normalized spacial score (nSPS) is 10.8. The molecule has 1 heterocycles. The number of rotatable bonds is 3. The van der Waals surface area contributed by atoms with Gasteiger partial charge in [0.05, 0.1) is 0 Å². The van der Waals surface area contributed by atoms with Crippen LogP contribution >= 0.6 is 0 Å². The van der Waals surface area contributed by atoms with Gasteiger partial charge in [0, 0.05) is 30.0 Å². The first kappa shape index (κ1) is 13.4. The van der Waals surface area contributed by atoms with Crippen LogP contribution in [0.3, 0.4) is 0 Å². The number of hydrogen-bond acceptors (Lipinski definition) is 3. The molecule has 106 valence electrons. The highest BCUT2D eigenvalue weighted by molar-refractivity contribution is 5.84. The Morgan fingerprint density at radius 2 is 1.86 bits per heavy atom. The lowest BCUT2D eigenvalue weighted by molar-refractivity contribution is 0.471. The van der Waals surface area contributed by atoms with Crippen LogP contribution in [0.5, 0.6) is 5.75 Å². The molecule has 0 atom stereocenters. The Bertz CT molecular complexity index is 791. The van der Waals surface area contributed by atoms with Crippen molar-refractivity contribution >= 4 is 16.5 Å². The van der Waals surface area contributed by atoms with Gasteiger partial charge in [0.15, 0.2) is 0 Å². The summed E-state index contributed by atoms with van der Waals surface area (Å²) in [5.41, 5.74) is 4.11. The van der Waals surface area contributed by atoms with E-state index in [9.17, 15) is 5.11 Å². The molecule has 0 radical (unpaired) electrons. The Morgan fingerprint density at radius 3 is 2.71 bits per heavy atom. The lowest BCUT2D eigenvalue weighted by Crippen LogP contribution is -2.02. The number of anilines is 1. The summed E-state index contributed by atoms with van der Waals surface area (Å²) in [6.07, 6.45) is 3.78. The van der Waals surface area contributed by atoms with Crippen molar-refractivity contribution in [3.63, 3.8) is 0 Å². The SMILES string of the molecule is Cc1cc(NCc2cncc3ccccc23)c(C)cc1O. The molecule has 0 fully saturated rings. The van der Waals surface area contributed by atoms with E-state index in [1.54, 1.807) is 6.07 Å². The predicted octanol–water partition coefficient (Wildman–Crippen LogP) is 4.17. The monoisotopic (exact) mass is 278 g/mol. The standard InChI is InChI=1S/C18H18N2O/c1-12-8-18(21)13(2)7-17(12)20-11-15-10-19-9-14-5-3-4-6-16(14)15/h3-10,20-21H,11H2,1-2H3. The molecule has 2 aromatic carbocycles. The van der Waals surface area contributed by atoms with Crippen LogP contribution in [0.25, 0.3) is 10.8 Å². The zero-order valence-corrected chi connectivity index (χ0v) is 12.2. The van der Waals surface area contributed by atoms with Gasteiger partial charge in [-0.3, -0.25) is 4.98 Å². The number of nitrogens with zero attached hydrogens (tertiary/aromatic N) is 1. The quantitative estimate of drug-likeness (QED) is 0.707. The molecular formula is C18H18N2O. The van der Waals surface area contributed by atoms with E-state index in [4.69, 9.17) is 0 Å². The van der Waals surface area contributed by atoms with Crippen molar-refractivity contribution in [1.29, 1.82) is 0 Å². The van der Waals surface area contributed by atoms with E-state index in [-0.39, 0.29) is 0 Å². The van der Waals surface area contributed by atoms with Crippen LogP contribution in [-0.2, 0) is 6.54 Å². The van der Waals surface area contributed by atoms with E-state index < -0.39 is 0 Å². The summed E-state index contributed by atoms with van der Waals surface area (Å²) in [6, 6.07) is 12.0. The summed E-state index contributed by atoms with van der Waals surface area (Å²) in [5, 5.41) is 15.5. The van der Waals surface area contributed by atoms with E-state index >= 15 is 0 Å². The van der Waals surface area contributed by atoms with Gasteiger partial charge in [-0.05, 0) is 48.1 Å². The summed E-state index contributed by atoms with van der Waals surface area (Å²) in [7, 11) is 0. The lowest BCUT2D eigenvalue weighted by atomic mass is 10.1. The lowest BCUT2D eigenvalue weighted by Gasteiger charge is -2.13. The van der Waals surface area contributed by atoms with Gasteiger partial charge in [0.2, 0.25) is 0 Å². The third kappa shape index (κ3) is 2.68. The van der Waals surface area contributed by atoms with E-state index in [0.717, 1.165) is 22.2 Å². The van der Waals surface area contributed by atoms with Gasteiger partial charge in [-0.1, -0.05) is 24.3 Å². The summed E-state index contributed by atoms with van der Waals surface area (Å²) in [6.45, 7) is 4.60. The molecule has 1 aromatic heterocycles. The van der Waals surface area contributed by atoms with Crippen molar-refractivity contribution in [3.8, 4) is 5.75 Å². The Labute approximate surface area is 124 Å². The molecule has 0 saturated carbocycles. The van der Waals surface area contributed by atoms with Crippen LogP contribution in [-0.4, -0.2) is 10.1 Å². The number of pyridine rings is 1. The highest BCUT2D eigenvalue weighted by Crippen LogP contribution is 2.26. The Hall–Kier alpha value is -2.55. The maximum Gasteiger partial charge on any atom is 0.118 e. The zero-order valence-electron chi connectivity index (χ0n) is 12.2. The van der Waals surface area contributed by atoms with E-state index in [1.807, 2.05) is 44.4 Å². The molecule has 2 N–H and O–H groups in total. The summed E-state index contributed by atoms with van der Waals surface area (Å²) in [4.78, 5) is 4.30. The minimum absolute atomic E-state index is 0.338. The fourth-order valence-electron chi connectivity index (χ4n) is 2.50. The van der Waals surface area contributed by atoms with Crippen LogP contribution in [0.1, 0.15) is 16.7 Å². The number of phenols is 1.